The number of thiophene rings is 1. The molecular formula is C13H20BrNS. The van der Waals surface area contributed by atoms with Gasteiger partial charge in [-0.15, -0.1) is 11.3 Å². The lowest BCUT2D eigenvalue weighted by Crippen LogP contribution is -2.23. The van der Waals surface area contributed by atoms with E-state index in [1.165, 1.54) is 47.9 Å². The summed E-state index contributed by atoms with van der Waals surface area (Å²) in [6.45, 7) is 0.872. The highest BCUT2D eigenvalue weighted by atomic mass is 79.9. The molecule has 0 saturated heterocycles. The third kappa shape index (κ3) is 3.31. The molecule has 0 amide bonds. The normalized spacial score (nSPS) is 26.6. The van der Waals surface area contributed by atoms with Crippen molar-refractivity contribution < 1.29 is 0 Å². The highest BCUT2D eigenvalue weighted by molar-refractivity contribution is 9.10. The summed E-state index contributed by atoms with van der Waals surface area (Å²) in [5.41, 5.74) is 5.92. The zero-order valence-corrected chi connectivity index (χ0v) is 12.0. The van der Waals surface area contributed by atoms with E-state index in [0.29, 0.717) is 0 Å². The molecule has 0 radical (unpaired) electrons. The summed E-state index contributed by atoms with van der Waals surface area (Å²) in [5, 5.41) is 2.18. The maximum absolute atomic E-state index is 5.92. The average molecular weight is 302 g/mol. The molecule has 1 fully saturated rings. The Morgan fingerprint density at radius 3 is 2.62 bits per heavy atom. The van der Waals surface area contributed by atoms with Gasteiger partial charge in [0.15, 0.2) is 0 Å². The van der Waals surface area contributed by atoms with Crippen LogP contribution in [0.25, 0.3) is 0 Å². The zero-order valence-electron chi connectivity index (χ0n) is 9.62. The molecule has 0 bridgehead atoms. The Kier molecular flexibility index (Phi) is 4.86. The molecular weight excluding hydrogens is 282 g/mol. The van der Waals surface area contributed by atoms with E-state index in [4.69, 9.17) is 5.73 Å². The molecule has 16 heavy (non-hydrogen) atoms. The van der Waals surface area contributed by atoms with Gasteiger partial charge in [-0.05, 0) is 59.6 Å². The van der Waals surface area contributed by atoms with Crippen molar-refractivity contribution in [2.45, 2.75) is 38.5 Å². The van der Waals surface area contributed by atoms with Crippen molar-refractivity contribution in [3.63, 3.8) is 0 Å². The van der Waals surface area contributed by atoms with Crippen molar-refractivity contribution in [1.82, 2.24) is 0 Å². The fourth-order valence-corrected chi connectivity index (χ4v) is 4.31. The lowest BCUT2D eigenvalue weighted by Gasteiger charge is -2.23. The zero-order chi connectivity index (χ0) is 11.4. The Bertz CT molecular complexity index is 323. The molecule has 0 spiro atoms. The van der Waals surface area contributed by atoms with Crippen LogP contribution in [0.5, 0.6) is 0 Å². The van der Waals surface area contributed by atoms with E-state index in [2.05, 4.69) is 27.4 Å². The Morgan fingerprint density at radius 2 is 2.00 bits per heavy atom. The maximum atomic E-state index is 5.92. The van der Waals surface area contributed by atoms with E-state index in [9.17, 15) is 0 Å². The molecule has 1 aromatic heterocycles. The fraction of sp³-hybridized carbons (Fsp3) is 0.692. The monoisotopic (exact) mass is 301 g/mol. The molecule has 2 N–H and O–H groups in total. The van der Waals surface area contributed by atoms with Crippen LogP contribution in [0.1, 0.15) is 37.0 Å². The van der Waals surface area contributed by atoms with Crippen LogP contribution in [0.3, 0.4) is 0 Å². The van der Waals surface area contributed by atoms with Crippen LogP contribution in [-0.2, 0) is 6.42 Å². The summed E-state index contributed by atoms with van der Waals surface area (Å²) in [5.74, 6) is 1.57. The highest BCUT2D eigenvalue weighted by Crippen LogP contribution is 2.32. The molecule has 90 valence electrons. The average Bonchev–Trinajstić information content (AvgIpc) is 2.56. The first-order valence-corrected chi connectivity index (χ1v) is 7.90. The number of nitrogens with two attached hydrogens (primary N) is 1. The van der Waals surface area contributed by atoms with E-state index < -0.39 is 0 Å². The van der Waals surface area contributed by atoms with Gasteiger partial charge >= 0.3 is 0 Å². The molecule has 1 aliphatic carbocycles. The Labute approximate surface area is 111 Å². The van der Waals surface area contributed by atoms with Crippen molar-refractivity contribution in [2.75, 3.05) is 6.54 Å². The third-order valence-electron chi connectivity index (χ3n) is 3.70. The summed E-state index contributed by atoms with van der Waals surface area (Å²) >= 11 is 5.41. The van der Waals surface area contributed by atoms with Gasteiger partial charge < -0.3 is 5.73 Å². The number of hydrogen-bond donors (Lipinski definition) is 1. The quantitative estimate of drug-likeness (QED) is 0.832. The van der Waals surface area contributed by atoms with Crippen LogP contribution in [0.4, 0.5) is 0 Å². The molecule has 1 heterocycles. The van der Waals surface area contributed by atoms with Gasteiger partial charge in [0.1, 0.15) is 0 Å². The first-order valence-electron chi connectivity index (χ1n) is 6.22. The first kappa shape index (κ1) is 12.6. The standard InChI is InChI=1S/C13H20BrNS/c14-12-7-13(16-9-12)6-10-4-2-1-3-5-11(10)8-15/h7,9-11H,1-6,8,15H2. The van der Waals surface area contributed by atoms with Crippen LogP contribution >= 0.6 is 27.3 Å². The van der Waals surface area contributed by atoms with Crippen LogP contribution < -0.4 is 5.73 Å². The van der Waals surface area contributed by atoms with Gasteiger partial charge in [0, 0.05) is 14.7 Å². The second-order valence-electron chi connectivity index (χ2n) is 4.83. The van der Waals surface area contributed by atoms with Gasteiger partial charge in [-0.2, -0.15) is 0 Å². The molecule has 0 aromatic carbocycles. The van der Waals surface area contributed by atoms with Crippen LogP contribution in [0.2, 0.25) is 0 Å². The fourth-order valence-electron chi connectivity index (χ4n) is 2.76. The molecule has 1 aliphatic rings. The van der Waals surface area contributed by atoms with Crippen LogP contribution in [0, 0.1) is 11.8 Å². The number of halogens is 1. The van der Waals surface area contributed by atoms with Gasteiger partial charge in [0.05, 0.1) is 0 Å². The summed E-state index contributed by atoms with van der Waals surface area (Å²) in [6, 6.07) is 2.27. The molecule has 1 nitrogen and oxygen atoms in total. The Hall–Kier alpha value is 0.140. The number of rotatable bonds is 3. The van der Waals surface area contributed by atoms with Gasteiger partial charge in [-0.1, -0.05) is 19.3 Å². The van der Waals surface area contributed by atoms with Gasteiger partial charge in [0.2, 0.25) is 0 Å². The minimum Gasteiger partial charge on any atom is -0.330 e. The minimum atomic E-state index is 0.753. The van der Waals surface area contributed by atoms with Gasteiger partial charge in [-0.25, -0.2) is 0 Å². The Morgan fingerprint density at radius 1 is 1.25 bits per heavy atom. The van der Waals surface area contributed by atoms with Crippen molar-refractivity contribution in [3.05, 3.63) is 20.8 Å². The van der Waals surface area contributed by atoms with E-state index in [0.717, 1.165) is 18.4 Å². The van der Waals surface area contributed by atoms with E-state index in [1.807, 2.05) is 11.3 Å². The van der Waals surface area contributed by atoms with Gasteiger partial charge in [0.25, 0.3) is 0 Å². The molecule has 2 unspecified atom stereocenters. The van der Waals surface area contributed by atoms with Gasteiger partial charge in [-0.3, -0.25) is 0 Å². The molecule has 2 atom stereocenters. The van der Waals surface area contributed by atoms with Crippen molar-refractivity contribution in [2.24, 2.45) is 17.6 Å². The summed E-state index contributed by atoms with van der Waals surface area (Å²) in [7, 11) is 0. The highest BCUT2D eigenvalue weighted by Gasteiger charge is 2.23. The van der Waals surface area contributed by atoms with Crippen molar-refractivity contribution in [1.29, 1.82) is 0 Å². The lowest BCUT2D eigenvalue weighted by atomic mass is 9.85. The Balaban J connectivity index is 1.99. The second kappa shape index (κ2) is 6.18. The molecule has 0 aliphatic heterocycles. The maximum Gasteiger partial charge on any atom is 0.0285 e. The van der Waals surface area contributed by atoms with E-state index >= 15 is 0 Å². The third-order valence-corrected chi connectivity index (χ3v) is 5.42. The van der Waals surface area contributed by atoms with Crippen molar-refractivity contribution >= 4 is 27.3 Å². The topological polar surface area (TPSA) is 26.0 Å². The van der Waals surface area contributed by atoms with Crippen LogP contribution in [0.15, 0.2) is 15.9 Å². The predicted molar refractivity (Wildman–Crippen MR) is 74.8 cm³/mol. The first-order chi connectivity index (χ1) is 7.79. The summed E-state index contributed by atoms with van der Waals surface area (Å²) in [4.78, 5) is 1.51. The van der Waals surface area contributed by atoms with E-state index in [1.54, 1.807) is 0 Å². The molecule has 1 saturated carbocycles. The number of hydrogen-bond acceptors (Lipinski definition) is 2. The summed E-state index contributed by atoms with van der Waals surface area (Å²) in [6.07, 6.45) is 8.13. The van der Waals surface area contributed by atoms with Crippen LogP contribution in [-0.4, -0.2) is 6.54 Å². The smallest absolute Gasteiger partial charge is 0.0285 e. The molecule has 3 heteroatoms. The SMILES string of the molecule is NCC1CCCCCC1Cc1cc(Br)cs1. The molecule has 1 aromatic rings. The van der Waals surface area contributed by atoms with Crippen molar-refractivity contribution in [3.8, 4) is 0 Å². The minimum absolute atomic E-state index is 0.753. The van der Waals surface area contributed by atoms with E-state index in [-0.39, 0.29) is 0 Å². The largest absolute Gasteiger partial charge is 0.330 e. The summed E-state index contributed by atoms with van der Waals surface area (Å²) < 4.78 is 1.23. The molecule has 2 rings (SSSR count). The second-order valence-corrected chi connectivity index (χ2v) is 6.74. The predicted octanol–water partition coefficient (Wildman–Crippen LogP) is 4.21. The lowest BCUT2D eigenvalue weighted by molar-refractivity contribution is 0.320.